The third-order valence-electron chi connectivity index (χ3n) is 5.02. The van der Waals surface area contributed by atoms with Crippen LogP contribution in [0.4, 0.5) is 0 Å². The minimum Gasteiger partial charge on any atom is -0.481 e. The van der Waals surface area contributed by atoms with Crippen LogP contribution >= 0.6 is 0 Å². The predicted octanol–water partition coefficient (Wildman–Crippen LogP) is 2.28. The first kappa shape index (κ1) is 20.4. The molecule has 0 saturated carbocycles. The lowest BCUT2D eigenvalue weighted by Crippen LogP contribution is -2.48. The lowest BCUT2D eigenvalue weighted by molar-refractivity contribution is -0.0586. The van der Waals surface area contributed by atoms with Crippen molar-refractivity contribution < 1.29 is 14.3 Å². The van der Waals surface area contributed by atoms with Gasteiger partial charge >= 0.3 is 0 Å². The second-order valence-corrected chi connectivity index (χ2v) is 7.46. The molecule has 152 valence electrons. The molecule has 1 fully saturated rings. The summed E-state index contributed by atoms with van der Waals surface area (Å²) in [7, 11) is 3.53. The average molecular weight is 386 g/mol. The molecule has 7 nitrogen and oxygen atoms in total. The number of benzene rings is 1. The van der Waals surface area contributed by atoms with Crippen molar-refractivity contribution in [3.63, 3.8) is 0 Å². The summed E-state index contributed by atoms with van der Waals surface area (Å²) < 4.78 is 12.9. The number of aryl methyl sites for hydroxylation is 2. The zero-order valence-electron chi connectivity index (χ0n) is 17.4. The number of hydrogen-bond acceptors (Lipinski definition) is 5. The van der Waals surface area contributed by atoms with Crippen LogP contribution in [-0.4, -0.2) is 53.0 Å². The molecule has 1 aromatic carbocycles. The van der Waals surface area contributed by atoms with E-state index in [0.717, 1.165) is 28.3 Å². The Morgan fingerprint density at radius 1 is 1.21 bits per heavy atom. The lowest BCUT2D eigenvalue weighted by Gasteiger charge is -2.35. The summed E-state index contributed by atoms with van der Waals surface area (Å²) in [6, 6.07) is 7.81. The Hall–Kier alpha value is -2.38. The van der Waals surface area contributed by atoms with Crippen LogP contribution in [0.25, 0.3) is 0 Å². The molecule has 3 rings (SSSR count). The summed E-state index contributed by atoms with van der Waals surface area (Å²) in [5.74, 6) is 0.845. The molecule has 1 N–H and O–H groups in total. The number of nitrogens with zero attached hydrogens (tertiary/aromatic N) is 3. The van der Waals surface area contributed by atoms with E-state index in [-0.39, 0.29) is 18.1 Å². The Balaban J connectivity index is 1.57. The highest BCUT2D eigenvalue weighted by Gasteiger charge is 2.26. The summed E-state index contributed by atoms with van der Waals surface area (Å²) >= 11 is 0. The average Bonchev–Trinajstić information content (AvgIpc) is 2.93. The fourth-order valence-corrected chi connectivity index (χ4v) is 3.76. The SMILES string of the molecule is COc1c(CNCc2ccc(C(=O)N3C[C@@H](C)O[C@H](C)C3)cc2)c(C)nn1C. The zero-order chi connectivity index (χ0) is 20.3. The zero-order valence-corrected chi connectivity index (χ0v) is 17.4. The maximum absolute atomic E-state index is 12.7. The Morgan fingerprint density at radius 3 is 2.46 bits per heavy atom. The van der Waals surface area contributed by atoms with Crippen molar-refractivity contribution in [3.05, 3.63) is 46.6 Å². The predicted molar refractivity (Wildman–Crippen MR) is 107 cm³/mol. The molecule has 0 radical (unpaired) electrons. The van der Waals surface area contributed by atoms with Gasteiger partial charge in [0.05, 0.1) is 30.6 Å². The highest BCUT2D eigenvalue weighted by atomic mass is 16.5. The number of carbonyl (C=O) groups excluding carboxylic acids is 1. The van der Waals surface area contributed by atoms with Gasteiger partial charge in [0.15, 0.2) is 0 Å². The molecule has 1 amide bonds. The quantitative estimate of drug-likeness (QED) is 0.825. The van der Waals surface area contributed by atoms with Crippen molar-refractivity contribution in [3.8, 4) is 5.88 Å². The van der Waals surface area contributed by atoms with Crippen molar-refractivity contribution in [1.82, 2.24) is 20.0 Å². The van der Waals surface area contributed by atoms with Gasteiger partial charge in [0, 0.05) is 38.8 Å². The molecule has 0 spiro atoms. The van der Waals surface area contributed by atoms with E-state index in [9.17, 15) is 4.79 Å². The number of carbonyl (C=O) groups is 1. The van der Waals surface area contributed by atoms with E-state index in [0.29, 0.717) is 26.2 Å². The minimum absolute atomic E-state index is 0.0669. The van der Waals surface area contributed by atoms with E-state index in [1.807, 2.05) is 57.0 Å². The summed E-state index contributed by atoms with van der Waals surface area (Å²) in [6.07, 6.45) is 0.146. The molecule has 1 saturated heterocycles. The number of ether oxygens (including phenoxy) is 2. The highest BCUT2D eigenvalue weighted by molar-refractivity contribution is 5.94. The minimum atomic E-state index is 0.0669. The number of nitrogens with one attached hydrogen (secondary N) is 1. The van der Waals surface area contributed by atoms with E-state index >= 15 is 0 Å². The van der Waals surface area contributed by atoms with Crippen molar-refractivity contribution in [1.29, 1.82) is 0 Å². The number of hydrogen-bond donors (Lipinski definition) is 1. The molecule has 2 atom stereocenters. The smallest absolute Gasteiger partial charge is 0.254 e. The Bertz CT molecular complexity index is 806. The maximum Gasteiger partial charge on any atom is 0.254 e. The second kappa shape index (κ2) is 8.75. The molecule has 7 heteroatoms. The van der Waals surface area contributed by atoms with Gasteiger partial charge in [-0.05, 0) is 38.5 Å². The number of amides is 1. The molecule has 28 heavy (non-hydrogen) atoms. The van der Waals surface area contributed by atoms with Gasteiger partial charge in [-0.25, -0.2) is 4.68 Å². The number of morpholine rings is 1. The Kier molecular flexibility index (Phi) is 6.36. The maximum atomic E-state index is 12.7. The first-order chi connectivity index (χ1) is 13.4. The Labute approximate surface area is 166 Å². The fourth-order valence-electron chi connectivity index (χ4n) is 3.76. The van der Waals surface area contributed by atoms with Gasteiger partial charge in [-0.2, -0.15) is 5.10 Å². The van der Waals surface area contributed by atoms with Crippen LogP contribution in [0.15, 0.2) is 24.3 Å². The number of methoxy groups -OCH3 is 1. The third-order valence-corrected chi connectivity index (χ3v) is 5.02. The lowest BCUT2D eigenvalue weighted by atomic mass is 10.1. The molecule has 2 aromatic rings. The van der Waals surface area contributed by atoms with E-state index in [4.69, 9.17) is 9.47 Å². The molecule has 0 unspecified atom stereocenters. The highest BCUT2D eigenvalue weighted by Crippen LogP contribution is 2.20. The first-order valence-electron chi connectivity index (χ1n) is 9.70. The van der Waals surface area contributed by atoms with Crippen LogP contribution in [0, 0.1) is 6.92 Å². The first-order valence-corrected chi connectivity index (χ1v) is 9.70. The van der Waals surface area contributed by atoms with Gasteiger partial charge in [0.25, 0.3) is 5.91 Å². The van der Waals surface area contributed by atoms with Crippen LogP contribution in [-0.2, 0) is 24.9 Å². The number of rotatable bonds is 6. The van der Waals surface area contributed by atoms with Gasteiger partial charge in [-0.3, -0.25) is 4.79 Å². The normalized spacial score (nSPS) is 19.7. The molecule has 1 aromatic heterocycles. The van der Waals surface area contributed by atoms with Crippen molar-refractivity contribution in [2.45, 2.75) is 46.1 Å². The monoisotopic (exact) mass is 386 g/mol. The van der Waals surface area contributed by atoms with Gasteiger partial charge < -0.3 is 19.7 Å². The topological polar surface area (TPSA) is 68.6 Å². The van der Waals surface area contributed by atoms with Crippen LogP contribution in [0.2, 0.25) is 0 Å². The Morgan fingerprint density at radius 2 is 1.86 bits per heavy atom. The molecule has 2 heterocycles. The van der Waals surface area contributed by atoms with E-state index in [1.165, 1.54) is 0 Å². The van der Waals surface area contributed by atoms with Crippen LogP contribution < -0.4 is 10.1 Å². The van der Waals surface area contributed by atoms with Gasteiger partial charge in [-0.15, -0.1) is 0 Å². The summed E-state index contributed by atoms with van der Waals surface area (Å²) in [6.45, 7) is 8.64. The van der Waals surface area contributed by atoms with Crippen LogP contribution in [0.5, 0.6) is 5.88 Å². The standard InChI is InChI=1S/C21H30N4O3/c1-14-12-25(13-15(2)28-14)20(26)18-8-6-17(7-9-18)10-22-11-19-16(3)23-24(4)21(19)27-5/h6-9,14-15,22H,10-13H2,1-5H3/t14-,15-/m1/s1. The van der Waals surface area contributed by atoms with Gasteiger partial charge in [0.1, 0.15) is 0 Å². The van der Waals surface area contributed by atoms with Crippen molar-refractivity contribution >= 4 is 5.91 Å². The van der Waals surface area contributed by atoms with Crippen LogP contribution in [0.1, 0.15) is 41.0 Å². The van der Waals surface area contributed by atoms with Crippen molar-refractivity contribution in [2.75, 3.05) is 20.2 Å². The third kappa shape index (κ3) is 4.54. The molecular formula is C21H30N4O3. The fraction of sp³-hybridized carbons (Fsp3) is 0.524. The summed E-state index contributed by atoms with van der Waals surface area (Å²) in [5, 5.41) is 7.82. The summed E-state index contributed by atoms with van der Waals surface area (Å²) in [4.78, 5) is 14.6. The van der Waals surface area contributed by atoms with Gasteiger partial charge in [0.2, 0.25) is 5.88 Å². The van der Waals surface area contributed by atoms with E-state index in [2.05, 4.69) is 10.4 Å². The molecule has 0 bridgehead atoms. The molecule has 0 aliphatic carbocycles. The van der Waals surface area contributed by atoms with E-state index in [1.54, 1.807) is 11.8 Å². The summed E-state index contributed by atoms with van der Waals surface area (Å²) in [5.41, 5.74) is 3.87. The largest absolute Gasteiger partial charge is 0.481 e. The van der Waals surface area contributed by atoms with Crippen molar-refractivity contribution in [2.24, 2.45) is 7.05 Å². The van der Waals surface area contributed by atoms with E-state index < -0.39 is 0 Å². The molecular weight excluding hydrogens is 356 g/mol. The van der Waals surface area contributed by atoms with Crippen LogP contribution in [0.3, 0.4) is 0 Å². The second-order valence-electron chi connectivity index (χ2n) is 7.46. The number of aromatic nitrogens is 2. The molecule has 1 aliphatic heterocycles. The van der Waals surface area contributed by atoms with Gasteiger partial charge in [-0.1, -0.05) is 12.1 Å². The molecule has 1 aliphatic rings.